The van der Waals surface area contributed by atoms with Gasteiger partial charge < -0.3 is 5.32 Å². The van der Waals surface area contributed by atoms with Gasteiger partial charge in [-0.15, -0.1) is 0 Å². The molecule has 0 radical (unpaired) electrons. The van der Waals surface area contributed by atoms with E-state index in [0.29, 0.717) is 10.3 Å². The molecule has 0 saturated heterocycles. The largest absolute Gasteiger partial charge is 0.347 e. The minimum absolute atomic E-state index is 0.0729. The Balaban J connectivity index is 2.07. The highest BCUT2D eigenvalue weighted by Gasteiger charge is 2.33. The Morgan fingerprint density at radius 1 is 1.44 bits per heavy atom. The standard InChI is InChI=1S/C14H19BrN2O/c1-14(2)9-4-3-7-11(14)17-13(18)10-6-5-8-12(15)16-10/h5-6,8,11H,3-4,7,9H2,1-2H3,(H,17,18). The van der Waals surface area contributed by atoms with Gasteiger partial charge in [0, 0.05) is 6.04 Å². The molecule has 1 aliphatic rings. The lowest BCUT2D eigenvalue weighted by Gasteiger charge is -2.38. The fourth-order valence-electron chi connectivity index (χ4n) is 2.53. The molecule has 1 aromatic rings. The van der Waals surface area contributed by atoms with Crippen LogP contribution in [0.15, 0.2) is 22.8 Å². The molecule has 98 valence electrons. The van der Waals surface area contributed by atoms with Gasteiger partial charge in [-0.05, 0) is 46.3 Å². The number of nitrogens with one attached hydrogen (secondary N) is 1. The van der Waals surface area contributed by atoms with Gasteiger partial charge in [-0.2, -0.15) is 0 Å². The predicted molar refractivity (Wildman–Crippen MR) is 75.4 cm³/mol. The molecule has 1 amide bonds. The van der Waals surface area contributed by atoms with Gasteiger partial charge in [0.1, 0.15) is 10.3 Å². The summed E-state index contributed by atoms with van der Waals surface area (Å²) in [6.07, 6.45) is 4.69. The molecule has 0 aliphatic heterocycles. The molecule has 2 rings (SSSR count). The number of hydrogen-bond acceptors (Lipinski definition) is 2. The van der Waals surface area contributed by atoms with E-state index in [1.807, 2.05) is 12.1 Å². The van der Waals surface area contributed by atoms with Gasteiger partial charge in [-0.1, -0.05) is 32.8 Å². The minimum Gasteiger partial charge on any atom is -0.347 e. The molecule has 3 nitrogen and oxygen atoms in total. The van der Waals surface area contributed by atoms with Gasteiger partial charge in [0.2, 0.25) is 0 Å². The van der Waals surface area contributed by atoms with Crippen molar-refractivity contribution in [3.8, 4) is 0 Å². The van der Waals surface area contributed by atoms with E-state index in [4.69, 9.17) is 0 Å². The maximum absolute atomic E-state index is 12.2. The molecule has 0 bridgehead atoms. The molecule has 1 aromatic heterocycles. The lowest BCUT2D eigenvalue weighted by Crippen LogP contribution is -2.47. The topological polar surface area (TPSA) is 42.0 Å². The molecule has 1 unspecified atom stereocenters. The van der Waals surface area contributed by atoms with Gasteiger partial charge in [-0.3, -0.25) is 4.79 Å². The van der Waals surface area contributed by atoms with Crippen LogP contribution in [0.4, 0.5) is 0 Å². The zero-order valence-electron chi connectivity index (χ0n) is 10.9. The third-order valence-corrected chi connectivity index (χ3v) is 4.20. The van der Waals surface area contributed by atoms with Crippen LogP contribution in [-0.4, -0.2) is 16.9 Å². The molecule has 1 atom stereocenters. The van der Waals surface area contributed by atoms with Gasteiger partial charge >= 0.3 is 0 Å². The van der Waals surface area contributed by atoms with Crippen molar-refractivity contribution in [2.24, 2.45) is 5.41 Å². The van der Waals surface area contributed by atoms with Crippen LogP contribution in [0.3, 0.4) is 0 Å². The van der Waals surface area contributed by atoms with Crippen LogP contribution in [0.1, 0.15) is 50.0 Å². The number of aromatic nitrogens is 1. The minimum atomic E-state index is -0.0729. The molecular weight excluding hydrogens is 292 g/mol. The molecule has 1 heterocycles. The van der Waals surface area contributed by atoms with Crippen LogP contribution in [0, 0.1) is 5.41 Å². The van der Waals surface area contributed by atoms with Crippen LogP contribution in [0.2, 0.25) is 0 Å². The molecule has 18 heavy (non-hydrogen) atoms. The Hall–Kier alpha value is -0.900. The first-order valence-electron chi connectivity index (χ1n) is 6.42. The summed E-state index contributed by atoms with van der Waals surface area (Å²) in [6, 6.07) is 5.65. The Morgan fingerprint density at radius 3 is 2.89 bits per heavy atom. The first kappa shape index (κ1) is 13.5. The van der Waals surface area contributed by atoms with Crippen molar-refractivity contribution in [1.82, 2.24) is 10.3 Å². The summed E-state index contributed by atoms with van der Waals surface area (Å²) in [7, 11) is 0. The summed E-state index contributed by atoms with van der Waals surface area (Å²) < 4.78 is 0.693. The van der Waals surface area contributed by atoms with Crippen LogP contribution >= 0.6 is 15.9 Å². The fourth-order valence-corrected chi connectivity index (χ4v) is 2.87. The van der Waals surface area contributed by atoms with E-state index in [1.165, 1.54) is 19.3 Å². The van der Waals surface area contributed by atoms with E-state index in [9.17, 15) is 4.79 Å². The number of rotatable bonds is 2. The zero-order chi connectivity index (χ0) is 13.2. The normalized spacial score (nSPS) is 22.5. The summed E-state index contributed by atoms with van der Waals surface area (Å²) in [4.78, 5) is 16.3. The van der Waals surface area contributed by atoms with Crippen molar-refractivity contribution >= 4 is 21.8 Å². The van der Waals surface area contributed by atoms with Crippen molar-refractivity contribution in [2.45, 2.75) is 45.6 Å². The summed E-state index contributed by atoms with van der Waals surface area (Å²) in [5, 5.41) is 3.13. The predicted octanol–water partition coefficient (Wildman–Crippen LogP) is 3.54. The van der Waals surface area contributed by atoms with Crippen LogP contribution < -0.4 is 5.32 Å². The van der Waals surface area contributed by atoms with Crippen LogP contribution in [0.25, 0.3) is 0 Å². The average molecular weight is 311 g/mol. The van der Waals surface area contributed by atoms with Crippen molar-refractivity contribution < 1.29 is 4.79 Å². The monoisotopic (exact) mass is 310 g/mol. The van der Waals surface area contributed by atoms with Crippen LogP contribution in [0.5, 0.6) is 0 Å². The maximum Gasteiger partial charge on any atom is 0.270 e. The second-order valence-electron chi connectivity index (χ2n) is 5.61. The molecule has 0 spiro atoms. The third kappa shape index (κ3) is 3.10. The second-order valence-corrected chi connectivity index (χ2v) is 6.42. The van der Waals surface area contributed by atoms with E-state index in [2.05, 4.69) is 40.1 Å². The van der Waals surface area contributed by atoms with Crippen molar-refractivity contribution in [2.75, 3.05) is 0 Å². The SMILES string of the molecule is CC1(C)CCCCC1NC(=O)c1cccc(Br)n1. The molecular formula is C14H19BrN2O. The molecule has 1 saturated carbocycles. The first-order valence-corrected chi connectivity index (χ1v) is 7.22. The van der Waals surface area contributed by atoms with Crippen molar-refractivity contribution in [3.63, 3.8) is 0 Å². The van der Waals surface area contributed by atoms with E-state index >= 15 is 0 Å². The number of pyridine rings is 1. The summed E-state index contributed by atoms with van der Waals surface area (Å²) in [6.45, 7) is 4.46. The number of amides is 1. The van der Waals surface area contributed by atoms with Crippen molar-refractivity contribution in [1.29, 1.82) is 0 Å². The Morgan fingerprint density at radius 2 is 2.22 bits per heavy atom. The highest BCUT2D eigenvalue weighted by Crippen LogP contribution is 2.35. The summed E-state index contributed by atoms with van der Waals surface area (Å²) >= 11 is 3.29. The summed E-state index contributed by atoms with van der Waals surface area (Å²) in [5.41, 5.74) is 0.658. The zero-order valence-corrected chi connectivity index (χ0v) is 12.5. The van der Waals surface area contributed by atoms with E-state index in [1.54, 1.807) is 6.07 Å². The quantitative estimate of drug-likeness (QED) is 0.849. The fraction of sp³-hybridized carbons (Fsp3) is 0.571. The number of hydrogen-bond donors (Lipinski definition) is 1. The number of nitrogens with zero attached hydrogens (tertiary/aromatic N) is 1. The number of carbonyl (C=O) groups excluding carboxylic acids is 1. The highest BCUT2D eigenvalue weighted by atomic mass is 79.9. The third-order valence-electron chi connectivity index (χ3n) is 3.76. The number of halogens is 1. The van der Waals surface area contributed by atoms with E-state index in [-0.39, 0.29) is 17.4 Å². The Bertz CT molecular complexity index is 445. The maximum atomic E-state index is 12.2. The molecule has 1 fully saturated rings. The van der Waals surface area contributed by atoms with Gasteiger partial charge in [0.25, 0.3) is 5.91 Å². The van der Waals surface area contributed by atoms with Gasteiger partial charge in [-0.25, -0.2) is 4.98 Å². The van der Waals surface area contributed by atoms with Crippen molar-refractivity contribution in [3.05, 3.63) is 28.5 Å². The van der Waals surface area contributed by atoms with E-state index < -0.39 is 0 Å². The average Bonchev–Trinajstić information content (AvgIpc) is 2.31. The molecule has 4 heteroatoms. The Labute approximate surface area is 117 Å². The molecule has 0 aromatic carbocycles. The molecule has 1 aliphatic carbocycles. The van der Waals surface area contributed by atoms with Crippen LogP contribution in [-0.2, 0) is 0 Å². The van der Waals surface area contributed by atoms with Gasteiger partial charge in [0.15, 0.2) is 0 Å². The highest BCUT2D eigenvalue weighted by molar-refractivity contribution is 9.10. The van der Waals surface area contributed by atoms with E-state index in [0.717, 1.165) is 6.42 Å². The Kier molecular flexibility index (Phi) is 4.05. The lowest BCUT2D eigenvalue weighted by molar-refractivity contribution is 0.0848. The smallest absolute Gasteiger partial charge is 0.270 e. The van der Waals surface area contributed by atoms with Gasteiger partial charge in [0.05, 0.1) is 0 Å². The first-order chi connectivity index (χ1) is 8.49. The lowest BCUT2D eigenvalue weighted by atomic mass is 9.73. The number of carbonyl (C=O) groups is 1. The second kappa shape index (κ2) is 5.39. The summed E-state index contributed by atoms with van der Waals surface area (Å²) in [5.74, 6) is -0.0729. The molecule has 1 N–H and O–H groups in total.